The Balaban J connectivity index is 1.33. The van der Waals surface area contributed by atoms with Crippen molar-refractivity contribution in [3.05, 3.63) is 76.7 Å². The number of likely N-dealkylation sites (tertiary alicyclic amines) is 1. The summed E-state index contributed by atoms with van der Waals surface area (Å²) in [6, 6.07) is 15.7. The van der Waals surface area contributed by atoms with Gasteiger partial charge in [-0.2, -0.15) is 5.10 Å². The third-order valence-corrected chi connectivity index (χ3v) is 6.04. The number of amides is 1. The van der Waals surface area contributed by atoms with Gasteiger partial charge in [0.2, 0.25) is 5.91 Å². The Morgan fingerprint density at radius 3 is 2.53 bits per heavy atom. The van der Waals surface area contributed by atoms with Gasteiger partial charge in [-0.15, -0.1) is 0 Å². The van der Waals surface area contributed by atoms with Crippen molar-refractivity contribution >= 4 is 23.3 Å². The van der Waals surface area contributed by atoms with Crippen molar-refractivity contribution in [2.45, 2.75) is 32.9 Å². The van der Waals surface area contributed by atoms with Crippen LogP contribution < -0.4 is 5.32 Å². The topological polar surface area (TPSA) is 63.1 Å². The number of benzene rings is 1. The fraction of sp³-hybridized carbons (Fsp3) is 0.348. The highest BCUT2D eigenvalue weighted by Gasteiger charge is 2.26. The second-order valence-corrected chi connectivity index (χ2v) is 8.11. The lowest BCUT2D eigenvalue weighted by molar-refractivity contribution is -0.121. The van der Waals surface area contributed by atoms with Crippen LogP contribution in [0.3, 0.4) is 0 Å². The van der Waals surface area contributed by atoms with E-state index in [-0.39, 0.29) is 11.8 Å². The zero-order valence-corrected chi connectivity index (χ0v) is 17.8. The van der Waals surface area contributed by atoms with Crippen LogP contribution in [0.2, 0.25) is 5.15 Å². The molecule has 1 aliphatic heterocycles. The van der Waals surface area contributed by atoms with E-state index in [0.717, 1.165) is 43.7 Å². The highest BCUT2D eigenvalue weighted by Crippen LogP contribution is 2.26. The zero-order valence-electron chi connectivity index (χ0n) is 17.1. The van der Waals surface area contributed by atoms with E-state index in [0.29, 0.717) is 17.5 Å². The quantitative estimate of drug-likeness (QED) is 0.647. The number of carbonyl (C=O) groups is 1. The van der Waals surface area contributed by atoms with Crippen LogP contribution in [-0.2, 0) is 17.9 Å². The Hall–Kier alpha value is -2.70. The highest BCUT2D eigenvalue weighted by atomic mass is 35.5. The molecule has 3 heterocycles. The Bertz CT molecular complexity index is 982. The first-order valence-electron chi connectivity index (χ1n) is 10.3. The van der Waals surface area contributed by atoms with Gasteiger partial charge in [-0.1, -0.05) is 48.0 Å². The Morgan fingerprint density at radius 1 is 1.10 bits per heavy atom. The number of nitrogens with one attached hydrogen (secondary N) is 1. The van der Waals surface area contributed by atoms with Crippen LogP contribution in [0, 0.1) is 12.8 Å². The van der Waals surface area contributed by atoms with Crippen molar-refractivity contribution < 1.29 is 4.79 Å². The summed E-state index contributed by atoms with van der Waals surface area (Å²) in [5.74, 6) is 0.678. The first-order valence-corrected chi connectivity index (χ1v) is 10.7. The van der Waals surface area contributed by atoms with Gasteiger partial charge in [-0.3, -0.25) is 9.69 Å². The number of halogens is 1. The van der Waals surface area contributed by atoms with Gasteiger partial charge in [0.05, 0.1) is 12.2 Å². The molecule has 0 radical (unpaired) electrons. The SMILES string of the molecule is Cc1nn(Cc2ccccc2)c(Cl)c1CN1CCC(C(=O)Nc2ccccn2)CC1. The number of aryl methyl sites for hydroxylation is 1. The maximum absolute atomic E-state index is 12.5. The summed E-state index contributed by atoms with van der Waals surface area (Å²) in [6.07, 6.45) is 3.34. The van der Waals surface area contributed by atoms with Gasteiger partial charge in [0, 0.05) is 24.2 Å². The number of pyridine rings is 1. The molecule has 0 atom stereocenters. The molecule has 0 aliphatic carbocycles. The van der Waals surface area contributed by atoms with E-state index in [1.54, 1.807) is 6.20 Å². The van der Waals surface area contributed by atoms with Crippen molar-refractivity contribution in [2.75, 3.05) is 18.4 Å². The number of aromatic nitrogens is 3. The van der Waals surface area contributed by atoms with E-state index in [2.05, 4.69) is 32.4 Å². The number of nitrogens with zero attached hydrogens (tertiary/aromatic N) is 4. The molecule has 0 spiro atoms. The minimum atomic E-state index is 0.0145. The molecule has 3 aromatic rings. The lowest BCUT2D eigenvalue weighted by Gasteiger charge is -2.31. The average molecular weight is 424 g/mol. The van der Waals surface area contributed by atoms with Crippen molar-refractivity contribution in [1.29, 1.82) is 0 Å². The minimum absolute atomic E-state index is 0.0145. The van der Waals surface area contributed by atoms with Crippen molar-refractivity contribution in [1.82, 2.24) is 19.7 Å². The van der Waals surface area contributed by atoms with Crippen LogP contribution in [0.15, 0.2) is 54.7 Å². The van der Waals surface area contributed by atoms with Crippen LogP contribution in [-0.4, -0.2) is 38.7 Å². The fourth-order valence-corrected chi connectivity index (χ4v) is 4.17. The van der Waals surface area contributed by atoms with Crippen LogP contribution in [0.4, 0.5) is 5.82 Å². The summed E-state index contributed by atoms with van der Waals surface area (Å²) in [7, 11) is 0. The minimum Gasteiger partial charge on any atom is -0.310 e. The first kappa shape index (κ1) is 20.6. The molecule has 1 amide bonds. The van der Waals surface area contributed by atoms with E-state index in [9.17, 15) is 4.79 Å². The molecular weight excluding hydrogens is 398 g/mol. The maximum atomic E-state index is 12.5. The van der Waals surface area contributed by atoms with E-state index in [1.165, 1.54) is 5.56 Å². The standard InChI is InChI=1S/C23H26ClN5O/c1-17-20(22(24)29(27-17)15-18-7-3-2-4-8-18)16-28-13-10-19(11-14-28)23(30)26-21-9-5-6-12-25-21/h2-9,12,19H,10-11,13-16H2,1H3,(H,25,26,30). The summed E-state index contributed by atoms with van der Waals surface area (Å²) in [6.45, 7) is 5.15. The van der Waals surface area contributed by atoms with E-state index >= 15 is 0 Å². The monoisotopic (exact) mass is 423 g/mol. The molecule has 7 heteroatoms. The molecular formula is C23H26ClN5O. The fourth-order valence-electron chi connectivity index (χ4n) is 3.87. The second kappa shape index (κ2) is 9.41. The van der Waals surface area contributed by atoms with Crippen molar-refractivity contribution in [3.8, 4) is 0 Å². The first-order chi connectivity index (χ1) is 14.6. The number of carbonyl (C=O) groups excluding carboxylic acids is 1. The van der Waals surface area contributed by atoms with Gasteiger partial charge < -0.3 is 5.32 Å². The molecule has 0 bridgehead atoms. The summed E-state index contributed by atoms with van der Waals surface area (Å²) >= 11 is 6.67. The average Bonchev–Trinajstić information content (AvgIpc) is 3.03. The largest absolute Gasteiger partial charge is 0.310 e. The molecule has 1 saturated heterocycles. The van der Waals surface area contributed by atoms with Crippen molar-refractivity contribution in [2.24, 2.45) is 5.92 Å². The molecule has 2 aromatic heterocycles. The van der Waals surface area contributed by atoms with Gasteiger partial charge >= 0.3 is 0 Å². The molecule has 156 valence electrons. The van der Waals surface area contributed by atoms with Crippen LogP contribution in [0.25, 0.3) is 0 Å². The molecule has 1 fully saturated rings. The van der Waals surface area contributed by atoms with Crippen molar-refractivity contribution in [3.63, 3.8) is 0 Å². The Kier molecular flexibility index (Phi) is 6.45. The summed E-state index contributed by atoms with van der Waals surface area (Å²) < 4.78 is 1.87. The third kappa shape index (κ3) is 4.89. The normalized spacial score (nSPS) is 15.3. The zero-order chi connectivity index (χ0) is 20.9. The lowest BCUT2D eigenvalue weighted by atomic mass is 9.95. The number of anilines is 1. The smallest absolute Gasteiger partial charge is 0.228 e. The van der Waals surface area contributed by atoms with Gasteiger partial charge in [0.25, 0.3) is 0 Å². The van der Waals surface area contributed by atoms with E-state index in [1.807, 2.05) is 48.0 Å². The van der Waals surface area contributed by atoms with E-state index < -0.39 is 0 Å². The van der Waals surface area contributed by atoms with Crippen LogP contribution in [0.5, 0.6) is 0 Å². The molecule has 4 rings (SSSR count). The molecule has 6 nitrogen and oxygen atoms in total. The van der Waals surface area contributed by atoms with Gasteiger partial charge in [0.1, 0.15) is 11.0 Å². The van der Waals surface area contributed by atoms with Gasteiger partial charge in [-0.25, -0.2) is 9.67 Å². The second-order valence-electron chi connectivity index (χ2n) is 7.75. The number of rotatable bonds is 6. The highest BCUT2D eigenvalue weighted by molar-refractivity contribution is 6.30. The third-order valence-electron chi connectivity index (χ3n) is 5.61. The molecule has 0 unspecified atom stereocenters. The summed E-state index contributed by atoms with van der Waals surface area (Å²) in [5.41, 5.74) is 3.21. The summed E-state index contributed by atoms with van der Waals surface area (Å²) in [5, 5.41) is 8.27. The molecule has 1 aliphatic rings. The van der Waals surface area contributed by atoms with Gasteiger partial charge in [-0.05, 0) is 50.6 Å². The number of hydrogen-bond acceptors (Lipinski definition) is 4. The Labute approximate surface area is 181 Å². The molecule has 0 saturated carbocycles. The van der Waals surface area contributed by atoms with Gasteiger partial charge in [0.15, 0.2) is 0 Å². The number of hydrogen-bond donors (Lipinski definition) is 1. The maximum Gasteiger partial charge on any atom is 0.228 e. The summed E-state index contributed by atoms with van der Waals surface area (Å²) in [4.78, 5) is 19.0. The molecule has 1 aromatic carbocycles. The Morgan fingerprint density at radius 2 is 1.83 bits per heavy atom. The van der Waals surface area contributed by atoms with E-state index in [4.69, 9.17) is 11.6 Å². The predicted octanol–water partition coefficient (Wildman–Crippen LogP) is 4.14. The molecule has 1 N–H and O–H groups in total. The van der Waals surface area contributed by atoms with Crippen LogP contribution in [0.1, 0.15) is 29.7 Å². The number of piperidine rings is 1. The predicted molar refractivity (Wildman–Crippen MR) is 118 cm³/mol. The van der Waals surface area contributed by atoms with Crippen LogP contribution >= 0.6 is 11.6 Å². The molecule has 30 heavy (non-hydrogen) atoms. The lowest BCUT2D eigenvalue weighted by Crippen LogP contribution is -2.38.